The Morgan fingerprint density at radius 3 is 2.88 bits per heavy atom. The van der Waals surface area contributed by atoms with Gasteiger partial charge in [0.25, 0.3) is 0 Å². The van der Waals surface area contributed by atoms with Gasteiger partial charge in [0, 0.05) is 28.6 Å². The summed E-state index contributed by atoms with van der Waals surface area (Å²) in [6.45, 7) is 4.16. The lowest BCUT2D eigenvalue weighted by atomic mass is 10.2. The minimum Gasteiger partial charge on any atom is -0.386 e. The molecule has 0 amide bonds. The van der Waals surface area contributed by atoms with Crippen molar-refractivity contribution in [2.75, 3.05) is 17.3 Å². The van der Waals surface area contributed by atoms with E-state index in [0.29, 0.717) is 0 Å². The molecule has 2 heterocycles. The third kappa shape index (κ3) is 3.03. The molecule has 3 nitrogen and oxygen atoms in total. The highest BCUT2D eigenvalue weighted by Gasteiger charge is 2.29. The van der Waals surface area contributed by atoms with Gasteiger partial charge in [0.2, 0.25) is 0 Å². The molecule has 1 saturated heterocycles. The standard InChI is InChI=1S/C11H17BrN2OS2/c1-7(2)14-10(8(12)5-13-14)11(15)9-6-16-3-4-17-9/h5,7,9,11,15H,3-4,6H2,1-2H3. The molecule has 1 aromatic rings. The van der Waals surface area contributed by atoms with Gasteiger partial charge in [0.05, 0.1) is 16.4 Å². The van der Waals surface area contributed by atoms with Gasteiger partial charge in [-0.05, 0) is 29.8 Å². The van der Waals surface area contributed by atoms with Crippen LogP contribution >= 0.6 is 39.5 Å². The van der Waals surface area contributed by atoms with Gasteiger partial charge in [-0.1, -0.05) is 0 Å². The topological polar surface area (TPSA) is 38.0 Å². The fourth-order valence-electron chi connectivity index (χ4n) is 1.90. The zero-order chi connectivity index (χ0) is 12.4. The van der Waals surface area contributed by atoms with Crippen LogP contribution in [0.3, 0.4) is 0 Å². The maximum absolute atomic E-state index is 10.5. The molecule has 2 atom stereocenters. The van der Waals surface area contributed by atoms with Gasteiger partial charge in [-0.2, -0.15) is 28.6 Å². The van der Waals surface area contributed by atoms with Crippen LogP contribution in [-0.2, 0) is 0 Å². The summed E-state index contributed by atoms with van der Waals surface area (Å²) >= 11 is 7.28. The predicted octanol–water partition coefficient (Wildman–Crippen LogP) is 3.11. The fraction of sp³-hybridized carbons (Fsp3) is 0.727. The molecule has 0 aliphatic carbocycles. The number of halogens is 1. The Morgan fingerprint density at radius 2 is 2.29 bits per heavy atom. The lowest BCUT2D eigenvalue weighted by molar-refractivity contribution is 0.166. The number of thioether (sulfide) groups is 2. The summed E-state index contributed by atoms with van der Waals surface area (Å²) in [5.74, 6) is 3.33. The van der Waals surface area contributed by atoms with Crippen LogP contribution in [0, 0.1) is 0 Å². The highest BCUT2D eigenvalue weighted by molar-refractivity contribution is 9.10. The van der Waals surface area contributed by atoms with Crippen molar-refractivity contribution >= 4 is 39.5 Å². The smallest absolute Gasteiger partial charge is 0.109 e. The largest absolute Gasteiger partial charge is 0.386 e. The molecule has 6 heteroatoms. The average molecular weight is 337 g/mol. The molecule has 1 fully saturated rings. The minimum atomic E-state index is -0.438. The van der Waals surface area contributed by atoms with E-state index in [2.05, 4.69) is 34.9 Å². The third-order valence-electron chi connectivity index (χ3n) is 2.75. The van der Waals surface area contributed by atoms with Crippen LogP contribution < -0.4 is 0 Å². The highest BCUT2D eigenvalue weighted by atomic mass is 79.9. The fourth-order valence-corrected chi connectivity index (χ4v) is 5.14. The van der Waals surface area contributed by atoms with Gasteiger partial charge in [-0.25, -0.2) is 0 Å². The van der Waals surface area contributed by atoms with Crippen LogP contribution in [0.15, 0.2) is 10.7 Å². The molecule has 0 radical (unpaired) electrons. The SMILES string of the molecule is CC(C)n1ncc(Br)c1C(O)C1CSCCS1. The van der Waals surface area contributed by atoms with E-state index >= 15 is 0 Å². The number of hydrogen-bond donors (Lipinski definition) is 1. The highest BCUT2D eigenvalue weighted by Crippen LogP contribution is 2.36. The number of aliphatic hydroxyl groups excluding tert-OH is 1. The van der Waals surface area contributed by atoms with E-state index < -0.39 is 6.10 Å². The van der Waals surface area contributed by atoms with Crippen molar-refractivity contribution in [2.24, 2.45) is 0 Å². The second-order valence-corrected chi connectivity index (χ2v) is 7.70. The minimum absolute atomic E-state index is 0.271. The molecular formula is C11H17BrN2OS2. The summed E-state index contributed by atoms with van der Waals surface area (Å²) in [5, 5.41) is 15.1. The van der Waals surface area contributed by atoms with E-state index in [1.165, 1.54) is 5.75 Å². The molecule has 2 unspecified atom stereocenters. The first kappa shape index (κ1) is 13.8. The van der Waals surface area contributed by atoms with Gasteiger partial charge in [-0.15, -0.1) is 0 Å². The van der Waals surface area contributed by atoms with Gasteiger partial charge >= 0.3 is 0 Å². The van der Waals surface area contributed by atoms with Crippen LogP contribution in [0.4, 0.5) is 0 Å². The van der Waals surface area contributed by atoms with Gasteiger partial charge in [-0.3, -0.25) is 4.68 Å². The maximum atomic E-state index is 10.5. The number of aromatic nitrogens is 2. The van der Waals surface area contributed by atoms with E-state index in [4.69, 9.17) is 0 Å². The van der Waals surface area contributed by atoms with E-state index in [9.17, 15) is 5.11 Å². The third-order valence-corrected chi connectivity index (χ3v) is 6.21. The van der Waals surface area contributed by atoms with Crippen LogP contribution in [0.2, 0.25) is 0 Å². The summed E-state index contributed by atoms with van der Waals surface area (Å²) < 4.78 is 2.82. The van der Waals surface area contributed by atoms with Crippen molar-refractivity contribution in [1.82, 2.24) is 9.78 Å². The first-order valence-corrected chi connectivity index (χ1v) is 8.71. The number of rotatable bonds is 3. The van der Waals surface area contributed by atoms with Gasteiger partial charge in [0.15, 0.2) is 0 Å². The van der Waals surface area contributed by atoms with Crippen LogP contribution in [0.1, 0.15) is 31.7 Å². The monoisotopic (exact) mass is 336 g/mol. The molecule has 1 aromatic heterocycles. The molecular weight excluding hydrogens is 320 g/mol. The molecule has 1 N–H and O–H groups in total. The normalized spacial score (nSPS) is 23.0. The van der Waals surface area contributed by atoms with E-state index in [-0.39, 0.29) is 11.3 Å². The Morgan fingerprint density at radius 1 is 1.53 bits per heavy atom. The molecule has 2 rings (SSSR count). The summed E-state index contributed by atoms with van der Waals surface area (Å²) in [4.78, 5) is 0. The Balaban J connectivity index is 2.22. The number of nitrogens with zero attached hydrogens (tertiary/aromatic N) is 2. The Bertz CT molecular complexity index is 378. The van der Waals surface area contributed by atoms with Crippen molar-refractivity contribution < 1.29 is 5.11 Å². The van der Waals surface area contributed by atoms with Crippen LogP contribution in [-0.4, -0.2) is 37.4 Å². The summed E-state index contributed by atoms with van der Waals surface area (Å²) in [5.41, 5.74) is 0.917. The second-order valence-electron chi connectivity index (χ2n) is 4.35. The molecule has 0 aromatic carbocycles. The lowest BCUT2D eigenvalue weighted by Crippen LogP contribution is -2.25. The van der Waals surface area contributed by atoms with Crippen molar-refractivity contribution in [3.63, 3.8) is 0 Å². The van der Waals surface area contributed by atoms with Crippen molar-refractivity contribution in [3.05, 3.63) is 16.4 Å². The molecule has 17 heavy (non-hydrogen) atoms. The first-order valence-electron chi connectivity index (χ1n) is 5.71. The molecule has 0 bridgehead atoms. The molecule has 0 saturated carbocycles. The zero-order valence-corrected chi connectivity index (χ0v) is 13.2. The summed E-state index contributed by atoms with van der Waals surface area (Å²) in [6, 6.07) is 0.271. The Hall–Kier alpha value is 0.350. The summed E-state index contributed by atoms with van der Waals surface area (Å²) in [6.07, 6.45) is 1.34. The zero-order valence-electron chi connectivity index (χ0n) is 9.97. The van der Waals surface area contributed by atoms with E-state index in [0.717, 1.165) is 21.7 Å². The number of aliphatic hydroxyl groups is 1. The first-order chi connectivity index (χ1) is 8.11. The average Bonchev–Trinajstić information content (AvgIpc) is 2.71. The molecule has 1 aliphatic heterocycles. The Kier molecular flexibility index (Phi) is 4.86. The van der Waals surface area contributed by atoms with Gasteiger partial charge in [0.1, 0.15) is 6.10 Å². The van der Waals surface area contributed by atoms with E-state index in [1.54, 1.807) is 6.20 Å². The van der Waals surface area contributed by atoms with E-state index in [1.807, 2.05) is 28.2 Å². The van der Waals surface area contributed by atoms with Crippen molar-refractivity contribution in [2.45, 2.75) is 31.2 Å². The van der Waals surface area contributed by atoms with Crippen LogP contribution in [0.5, 0.6) is 0 Å². The lowest BCUT2D eigenvalue weighted by Gasteiger charge is -2.27. The molecule has 0 spiro atoms. The number of hydrogen-bond acceptors (Lipinski definition) is 4. The van der Waals surface area contributed by atoms with Crippen LogP contribution in [0.25, 0.3) is 0 Å². The summed E-state index contributed by atoms with van der Waals surface area (Å²) in [7, 11) is 0. The van der Waals surface area contributed by atoms with Crippen molar-refractivity contribution in [3.8, 4) is 0 Å². The Labute approximate surface area is 119 Å². The molecule has 1 aliphatic rings. The maximum Gasteiger partial charge on any atom is 0.109 e. The second kappa shape index (κ2) is 5.99. The van der Waals surface area contributed by atoms with Crippen molar-refractivity contribution in [1.29, 1.82) is 0 Å². The quantitative estimate of drug-likeness (QED) is 0.920. The van der Waals surface area contributed by atoms with Gasteiger partial charge < -0.3 is 5.11 Å². The predicted molar refractivity (Wildman–Crippen MR) is 78.8 cm³/mol. The molecule has 96 valence electrons.